The second kappa shape index (κ2) is 15.0. The zero-order valence-corrected chi connectivity index (χ0v) is 25.8. The average Bonchev–Trinajstić information content (AvgIpc) is 2.90. The van der Waals surface area contributed by atoms with Crippen LogP contribution in [0.25, 0.3) is 10.9 Å². The molecule has 1 heterocycles. The number of para-hydroxylation sites is 1. The molecular weight excluding hydrogens is 638 g/mol. The van der Waals surface area contributed by atoms with Gasteiger partial charge in [-0.15, -0.1) is 0 Å². The highest BCUT2D eigenvalue weighted by Gasteiger charge is 2.38. The number of carboxylic acids is 1. The number of ether oxygens (including phenoxy) is 2. The molecule has 0 saturated carbocycles. The fourth-order valence-electron chi connectivity index (χ4n) is 3.48. The summed E-state index contributed by atoms with van der Waals surface area (Å²) in [5.74, 6) is -2.72. The van der Waals surface area contributed by atoms with Gasteiger partial charge in [0.2, 0.25) is 15.9 Å². The second-order valence-electron chi connectivity index (χ2n) is 9.54. The number of carbonyl (C=O) groups excluding carboxylic acids is 1. The van der Waals surface area contributed by atoms with E-state index < -0.39 is 33.6 Å². The zero-order valence-electron chi connectivity index (χ0n) is 23.5. The second-order valence-corrected chi connectivity index (χ2v) is 12.0. The third kappa shape index (κ3) is 10.2. The molecule has 0 spiro atoms. The van der Waals surface area contributed by atoms with Crippen molar-refractivity contribution >= 4 is 56.0 Å². The minimum atomic E-state index is -5.08. The monoisotopic (exact) mass is 667 g/mol. The number of alkyl halides is 3. The summed E-state index contributed by atoms with van der Waals surface area (Å²) in [5.41, 5.74) is 0.373. The molecule has 1 amide bonds. The van der Waals surface area contributed by atoms with Gasteiger partial charge in [0, 0.05) is 41.9 Å². The Kier molecular flexibility index (Phi) is 12.6. The van der Waals surface area contributed by atoms with Crippen molar-refractivity contribution in [3.8, 4) is 5.75 Å². The van der Waals surface area contributed by atoms with Gasteiger partial charge in [0.05, 0.1) is 5.02 Å². The molecule has 0 saturated heterocycles. The quantitative estimate of drug-likeness (QED) is 0.235. The molecule has 1 aromatic heterocycles. The zero-order chi connectivity index (χ0) is 32.6. The first kappa shape index (κ1) is 36.0. The van der Waals surface area contributed by atoms with Crippen molar-refractivity contribution in [1.82, 2.24) is 15.0 Å². The molecule has 0 bridgehead atoms. The Morgan fingerprint density at radius 2 is 1.72 bits per heavy atom. The van der Waals surface area contributed by atoms with E-state index in [9.17, 15) is 26.4 Å². The lowest BCUT2D eigenvalue weighted by Gasteiger charge is -2.25. The van der Waals surface area contributed by atoms with Crippen LogP contribution in [0.4, 0.5) is 13.2 Å². The minimum absolute atomic E-state index is 0.0842. The number of benzene rings is 2. The van der Waals surface area contributed by atoms with Crippen LogP contribution in [-0.4, -0.2) is 62.4 Å². The molecule has 16 heteroatoms. The number of nitrogens with zero attached hydrogens (tertiary/aromatic N) is 1. The van der Waals surface area contributed by atoms with Crippen molar-refractivity contribution in [2.24, 2.45) is 0 Å². The van der Waals surface area contributed by atoms with E-state index in [0.717, 1.165) is 11.1 Å². The Morgan fingerprint density at radius 3 is 2.33 bits per heavy atom. The number of hydrogen-bond acceptors (Lipinski definition) is 7. The number of pyridine rings is 1. The summed E-state index contributed by atoms with van der Waals surface area (Å²) >= 11 is 12.9. The number of aromatic nitrogens is 1. The summed E-state index contributed by atoms with van der Waals surface area (Å²) in [5, 5.41) is 10.9. The van der Waals surface area contributed by atoms with Crippen LogP contribution in [0, 0.1) is 6.92 Å². The number of halogens is 5. The smallest absolute Gasteiger partial charge is 0.487 e. The summed E-state index contributed by atoms with van der Waals surface area (Å²) in [6, 6.07) is 12.1. The lowest BCUT2D eigenvalue weighted by Crippen LogP contribution is -2.54. The number of amides is 1. The van der Waals surface area contributed by atoms with E-state index in [1.165, 1.54) is 26.0 Å². The summed E-state index contributed by atoms with van der Waals surface area (Å²) in [4.78, 5) is 25.8. The molecule has 0 radical (unpaired) electrons. The van der Waals surface area contributed by atoms with Crippen molar-refractivity contribution in [2.75, 3.05) is 20.3 Å². The van der Waals surface area contributed by atoms with Gasteiger partial charge in [-0.05, 0) is 51.5 Å². The van der Waals surface area contributed by atoms with E-state index in [0.29, 0.717) is 36.4 Å². The lowest BCUT2D eigenvalue weighted by molar-refractivity contribution is -0.192. The summed E-state index contributed by atoms with van der Waals surface area (Å²) in [6.45, 7) is 5.57. The Morgan fingerprint density at radius 1 is 1.07 bits per heavy atom. The standard InChI is InChI=1S/C25H29Cl2N3O5S.C2HF3O2/c1-16-9-10-17-7-5-8-20(23(17)29-16)35-15-18-19(26)11-12-21(22(18)27)36(32,33)30-25(2,3)24(31)28-13-6-14-34-4;3-2(4,5)1(6)7/h5,7-12,30H,6,13-15H2,1-4H3,(H,28,31);(H,6,7). The van der Waals surface area contributed by atoms with Gasteiger partial charge in [-0.1, -0.05) is 41.4 Å². The Labute approximate surface area is 256 Å². The molecule has 3 aromatic rings. The van der Waals surface area contributed by atoms with E-state index in [-0.39, 0.29) is 21.5 Å². The number of fused-ring (bicyclic) bond motifs is 1. The number of rotatable bonds is 11. The van der Waals surface area contributed by atoms with E-state index in [1.54, 1.807) is 13.2 Å². The fourth-order valence-corrected chi connectivity index (χ4v) is 5.74. The molecule has 3 N–H and O–H groups in total. The fraction of sp³-hybridized carbons (Fsp3) is 0.370. The van der Waals surface area contributed by atoms with E-state index in [1.807, 2.05) is 31.2 Å². The van der Waals surface area contributed by atoms with Crippen LogP contribution in [0.1, 0.15) is 31.5 Å². The van der Waals surface area contributed by atoms with Crippen LogP contribution in [0.15, 0.2) is 47.4 Å². The molecule has 0 aliphatic carbocycles. The van der Waals surface area contributed by atoms with Crippen molar-refractivity contribution < 1.29 is 45.8 Å². The highest BCUT2D eigenvalue weighted by Crippen LogP contribution is 2.33. The van der Waals surface area contributed by atoms with Crippen LogP contribution in [-0.2, 0) is 31.0 Å². The number of carbonyl (C=O) groups is 2. The molecule has 3 rings (SSSR count). The van der Waals surface area contributed by atoms with Crippen molar-refractivity contribution in [3.05, 3.63) is 63.8 Å². The number of nitrogens with one attached hydrogen (secondary N) is 2. The molecular formula is C27H30Cl2F3N3O7S. The normalized spacial score (nSPS) is 11.9. The van der Waals surface area contributed by atoms with Gasteiger partial charge in [0.1, 0.15) is 28.3 Å². The van der Waals surface area contributed by atoms with Crippen LogP contribution in [0.3, 0.4) is 0 Å². The first-order valence-electron chi connectivity index (χ1n) is 12.5. The highest BCUT2D eigenvalue weighted by atomic mass is 35.5. The van der Waals surface area contributed by atoms with Gasteiger partial charge in [0.15, 0.2) is 0 Å². The first-order valence-corrected chi connectivity index (χ1v) is 14.7. The number of sulfonamides is 1. The molecule has 0 unspecified atom stereocenters. The number of hydrogen-bond donors (Lipinski definition) is 3. The molecule has 10 nitrogen and oxygen atoms in total. The number of carboxylic acid groups (broad SMARTS) is 1. The maximum absolute atomic E-state index is 13.2. The highest BCUT2D eigenvalue weighted by molar-refractivity contribution is 7.89. The summed E-state index contributed by atoms with van der Waals surface area (Å²) in [6.07, 6.45) is -4.48. The SMILES string of the molecule is COCCCNC(=O)C(C)(C)NS(=O)(=O)c1ccc(Cl)c(COc2cccc3ccc(C)nc23)c1Cl.O=C(O)C(F)(F)F. The van der Waals surface area contributed by atoms with Gasteiger partial charge in [0.25, 0.3) is 0 Å². The third-order valence-corrected chi connectivity index (χ3v) is 8.24. The Balaban J connectivity index is 0.000000821. The third-order valence-electron chi connectivity index (χ3n) is 5.65. The van der Waals surface area contributed by atoms with Crippen LogP contribution in [0.2, 0.25) is 10.0 Å². The largest absolute Gasteiger partial charge is 0.490 e. The van der Waals surface area contributed by atoms with E-state index in [4.69, 9.17) is 42.6 Å². The molecule has 0 aliphatic rings. The molecule has 0 fully saturated rings. The number of aryl methyl sites for hydroxylation is 1. The van der Waals surface area contributed by atoms with Crippen LogP contribution < -0.4 is 14.8 Å². The van der Waals surface area contributed by atoms with Crippen molar-refractivity contribution in [1.29, 1.82) is 0 Å². The minimum Gasteiger partial charge on any atom is -0.487 e. The molecule has 0 aliphatic heterocycles. The predicted molar refractivity (Wildman–Crippen MR) is 155 cm³/mol. The average molecular weight is 669 g/mol. The Bertz CT molecular complexity index is 1570. The molecule has 43 heavy (non-hydrogen) atoms. The van der Waals surface area contributed by atoms with Gasteiger partial charge in [-0.2, -0.15) is 17.9 Å². The first-order chi connectivity index (χ1) is 19.9. The van der Waals surface area contributed by atoms with Crippen LogP contribution >= 0.6 is 23.2 Å². The lowest BCUT2D eigenvalue weighted by atomic mass is 10.1. The predicted octanol–water partition coefficient (Wildman–Crippen LogP) is 5.27. The summed E-state index contributed by atoms with van der Waals surface area (Å²) < 4.78 is 71.5. The maximum atomic E-state index is 13.2. The maximum Gasteiger partial charge on any atom is 0.490 e. The van der Waals surface area contributed by atoms with E-state index >= 15 is 0 Å². The Hall–Kier alpha value is -3.17. The molecule has 236 valence electrons. The van der Waals surface area contributed by atoms with Gasteiger partial charge in [-0.3, -0.25) is 4.79 Å². The van der Waals surface area contributed by atoms with E-state index in [2.05, 4.69) is 15.0 Å². The topological polar surface area (TPSA) is 144 Å². The molecule has 0 atom stereocenters. The number of methoxy groups -OCH3 is 1. The van der Waals surface area contributed by atoms with Gasteiger partial charge >= 0.3 is 12.1 Å². The van der Waals surface area contributed by atoms with Crippen molar-refractivity contribution in [3.63, 3.8) is 0 Å². The van der Waals surface area contributed by atoms with Crippen LogP contribution in [0.5, 0.6) is 5.75 Å². The molecule has 2 aromatic carbocycles. The summed E-state index contributed by atoms with van der Waals surface area (Å²) in [7, 11) is -2.62. The van der Waals surface area contributed by atoms with Gasteiger partial charge in [-0.25, -0.2) is 18.2 Å². The van der Waals surface area contributed by atoms with Gasteiger partial charge < -0.3 is 19.9 Å². The van der Waals surface area contributed by atoms with Crippen molar-refractivity contribution in [2.45, 2.75) is 50.4 Å². The number of aliphatic carboxylic acids is 1.